The number of nitrogens with one attached hydrogen (secondary N) is 1. The Morgan fingerprint density at radius 3 is 2.71 bits per heavy atom. The Balaban J connectivity index is 1.26. The van der Waals surface area contributed by atoms with Gasteiger partial charge < -0.3 is 10.2 Å². The van der Waals surface area contributed by atoms with E-state index in [0.29, 0.717) is 6.42 Å². The van der Waals surface area contributed by atoms with Crippen LogP contribution in [0.4, 0.5) is 0 Å². The van der Waals surface area contributed by atoms with Crippen LogP contribution in [0.3, 0.4) is 0 Å². The number of carbonyl (C=O) groups excluding carboxylic acids is 1. The van der Waals surface area contributed by atoms with Gasteiger partial charge in [0.2, 0.25) is 5.91 Å². The molecule has 3 heteroatoms. The third-order valence-corrected chi connectivity index (χ3v) is 8.04. The zero-order valence-electron chi connectivity index (χ0n) is 17.2. The van der Waals surface area contributed by atoms with Crippen molar-refractivity contribution in [2.45, 2.75) is 63.3 Å². The Bertz CT molecular complexity index is 762. The molecule has 1 unspecified atom stereocenters. The average molecular weight is 379 g/mol. The fraction of sp³-hybridized carbons (Fsp3) is 0.640. The first-order valence-electron chi connectivity index (χ1n) is 11.5. The lowest BCUT2D eigenvalue weighted by Crippen LogP contribution is -2.44. The number of nitrogens with zero attached hydrogens (tertiary/aromatic N) is 1. The molecule has 1 heterocycles. The van der Waals surface area contributed by atoms with Crippen LogP contribution in [0.15, 0.2) is 36.4 Å². The third-order valence-electron chi connectivity index (χ3n) is 8.04. The second-order valence-electron chi connectivity index (χ2n) is 9.78. The lowest BCUT2D eigenvalue weighted by Gasteiger charge is -2.41. The molecule has 1 saturated heterocycles. The van der Waals surface area contributed by atoms with Crippen LogP contribution in [-0.4, -0.2) is 30.4 Å². The minimum absolute atomic E-state index is 0.206. The number of piperidine rings is 1. The fourth-order valence-corrected chi connectivity index (χ4v) is 6.59. The van der Waals surface area contributed by atoms with Crippen LogP contribution in [0.25, 0.3) is 0 Å². The summed E-state index contributed by atoms with van der Waals surface area (Å²) in [6, 6.07) is 9.10. The van der Waals surface area contributed by atoms with Crippen molar-refractivity contribution in [3.8, 4) is 0 Å². The largest absolute Gasteiger partial charge is 0.349 e. The van der Waals surface area contributed by atoms with Crippen LogP contribution in [0.1, 0.15) is 69.0 Å². The molecule has 150 valence electrons. The summed E-state index contributed by atoms with van der Waals surface area (Å²) in [5.41, 5.74) is 3.16. The molecule has 3 nitrogen and oxygen atoms in total. The Labute approximate surface area is 169 Å². The van der Waals surface area contributed by atoms with Gasteiger partial charge in [0, 0.05) is 18.4 Å². The molecule has 1 aliphatic heterocycles. The minimum atomic E-state index is 0.206. The Morgan fingerprint density at radius 1 is 1.18 bits per heavy atom. The molecule has 1 amide bonds. The van der Waals surface area contributed by atoms with Crippen molar-refractivity contribution in [1.29, 1.82) is 0 Å². The standard InChI is InChI=1S/C25H34N2O/c1-2-5-24(28)26-23-16-25(22-7-4-3-6-21(22)23)10-12-27(13-11-25)17-20-15-18-8-9-19(20)14-18/h3-4,6-9,18-20,23H,2,5,10-17H2,1H3,(H,26,28)/t18-,19?,20-,23-/m0/s1. The number of hydrogen-bond donors (Lipinski definition) is 1. The summed E-state index contributed by atoms with van der Waals surface area (Å²) in [4.78, 5) is 15.0. The van der Waals surface area contributed by atoms with Gasteiger partial charge in [-0.1, -0.05) is 43.3 Å². The van der Waals surface area contributed by atoms with Crippen molar-refractivity contribution in [2.75, 3.05) is 19.6 Å². The zero-order chi connectivity index (χ0) is 19.1. The number of amides is 1. The quantitative estimate of drug-likeness (QED) is 0.760. The Kier molecular flexibility index (Phi) is 4.82. The number of fused-ring (bicyclic) bond motifs is 4. The van der Waals surface area contributed by atoms with Crippen LogP contribution >= 0.6 is 0 Å². The van der Waals surface area contributed by atoms with Crippen molar-refractivity contribution in [1.82, 2.24) is 10.2 Å². The molecular weight excluding hydrogens is 344 g/mol. The van der Waals surface area contributed by atoms with Crippen molar-refractivity contribution >= 4 is 5.91 Å². The topological polar surface area (TPSA) is 32.3 Å². The summed E-state index contributed by atoms with van der Waals surface area (Å²) in [5, 5.41) is 3.34. The van der Waals surface area contributed by atoms with Gasteiger partial charge in [-0.15, -0.1) is 0 Å². The lowest BCUT2D eigenvalue weighted by molar-refractivity contribution is -0.121. The predicted molar refractivity (Wildman–Crippen MR) is 113 cm³/mol. The molecule has 0 aromatic heterocycles. The number of rotatable bonds is 5. The smallest absolute Gasteiger partial charge is 0.220 e. The first kappa shape index (κ1) is 18.4. The van der Waals surface area contributed by atoms with E-state index < -0.39 is 0 Å². The molecule has 1 aromatic carbocycles. The van der Waals surface area contributed by atoms with E-state index in [9.17, 15) is 4.79 Å². The van der Waals surface area contributed by atoms with Gasteiger partial charge in [-0.05, 0) is 80.5 Å². The van der Waals surface area contributed by atoms with Crippen molar-refractivity contribution < 1.29 is 4.79 Å². The highest BCUT2D eigenvalue weighted by atomic mass is 16.1. The van der Waals surface area contributed by atoms with Gasteiger partial charge in [-0.25, -0.2) is 0 Å². The summed E-state index contributed by atoms with van der Waals surface area (Å²) in [7, 11) is 0. The van der Waals surface area contributed by atoms with Gasteiger partial charge in [0.05, 0.1) is 6.04 Å². The van der Waals surface area contributed by atoms with E-state index >= 15 is 0 Å². The number of hydrogen-bond acceptors (Lipinski definition) is 2. The van der Waals surface area contributed by atoms with Crippen molar-refractivity contribution in [2.24, 2.45) is 17.8 Å². The van der Waals surface area contributed by atoms with Crippen molar-refractivity contribution in [3.05, 3.63) is 47.5 Å². The molecule has 4 atom stereocenters. The van der Waals surface area contributed by atoms with Crippen LogP contribution in [-0.2, 0) is 10.2 Å². The monoisotopic (exact) mass is 378 g/mol. The first-order valence-corrected chi connectivity index (χ1v) is 11.5. The van der Waals surface area contributed by atoms with E-state index in [0.717, 1.165) is 30.6 Å². The predicted octanol–water partition coefficient (Wildman–Crippen LogP) is 4.59. The molecule has 1 aromatic rings. The molecule has 1 saturated carbocycles. The van der Waals surface area contributed by atoms with E-state index in [4.69, 9.17) is 0 Å². The van der Waals surface area contributed by atoms with Gasteiger partial charge in [-0.2, -0.15) is 0 Å². The van der Waals surface area contributed by atoms with Crippen LogP contribution < -0.4 is 5.32 Å². The number of benzene rings is 1. The zero-order valence-corrected chi connectivity index (χ0v) is 17.2. The van der Waals surface area contributed by atoms with Gasteiger partial charge in [0.15, 0.2) is 0 Å². The summed E-state index contributed by atoms with van der Waals surface area (Å²) in [6.07, 6.45) is 12.9. The van der Waals surface area contributed by atoms with Crippen LogP contribution in [0.5, 0.6) is 0 Å². The third kappa shape index (κ3) is 3.22. The highest BCUT2D eigenvalue weighted by Gasteiger charge is 2.46. The van der Waals surface area contributed by atoms with Crippen molar-refractivity contribution in [3.63, 3.8) is 0 Å². The van der Waals surface area contributed by atoms with E-state index in [2.05, 4.69) is 53.6 Å². The summed E-state index contributed by atoms with van der Waals surface area (Å²) >= 11 is 0. The SMILES string of the molecule is CCCC(=O)N[C@H]1CC2(CCN(C[C@@H]3C[C@H]4C=CC3C4)CC2)c2ccccc21. The number of carbonyl (C=O) groups is 1. The molecule has 4 aliphatic rings. The summed E-state index contributed by atoms with van der Waals surface area (Å²) in [6.45, 7) is 5.79. The molecule has 2 bridgehead atoms. The maximum Gasteiger partial charge on any atom is 0.220 e. The van der Waals surface area contributed by atoms with Gasteiger partial charge in [0.1, 0.15) is 0 Å². The number of likely N-dealkylation sites (tertiary alicyclic amines) is 1. The van der Waals surface area contributed by atoms with E-state index in [1.54, 1.807) is 0 Å². The molecular formula is C25H34N2O. The van der Waals surface area contributed by atoms with Crippen LogP contribution in [0, 0.1) is 17.8 Å². The normalized spacial score (nSPS) is 32.8. The molecule has 1 spiro atoms. The Morgan fingerprint density at radius 2 is 2.00 bits per heavy atom. The summed E-state index contributed by atoms with van der Waals surface area (Å²) < 4.78 is 0. The maximum atomic E-state index is 12.3. The molecule has 5 rings (SSSR count). The van der Waals surface area contributed by atoms with E-state index in [1.807, 2.05) is 0 Å². The van der Waals surface area contributed by atoms with Gasteiger partial charge >= 0.3 is 0 Å². The summed E-state index contributed by atoms with van der Waals surface area (Å²) in [5.74, 6) is 2.83. The Hall–Kier alpha value is -1.61. The maximum absolute atomic E-state index is 12.3. The highest BCUT2D eigenvalue weighted by Crippen LogP contribution is 2.51. The molecule has 2 fully saturated rings. The van der Waals surface area contributed by atoms with E-state index in [-0.39, 0.29) is 17.4 Å². The second kappa shape index (κ2) is 7.33. The highest BCUT2D eigenvalue weighted by molar-refractivity contribution is 5.76. The van der Waals surface area contributed by atoms with Gasteiger partial charge in [0.25, 0.3) is 0 Å². The molecule has 1 N–H and O–H groups in total. The second-order valence-corrected chi connectivity index (χ2v) is 9.78. The fourth-order valence-electron chi connectivity index (χ4n) is 6.59. The molecule has 3 aliphatic carbocycles. The average Bonchev–Trinajstić information content (AvgIpc) is 3.39. The van der Waals surface area contributed by atoms with Gasteiger partial charge in [-0.3, -0.25) is 4.79 Å². The molecule has 28 heavy (non-hydrogen) atoms. The minimum Gasteiger partial charge on any atom is -0.349 e. The lowest BCUT2D eigenvalue weighted by atomic mass is 9.73. The van der Waals surface area contributed by atoms with E-state index in [1.165, 1.54) is 56.4 Å². The molecule has 0 radical (unpaired) electrons. The first-order chi connectivity index (χ1) is 13.7. The number of allylic oxidation sites excluding steroid dienone is 2. The van der Waals surface area contributed by atoms with Crippen LogP contribution in [0.2, 0.25) is 0 Å².